The van der Waals surface area contributed by atoms with Gasteiger partial charge in [-0.2, -0.15) is 0 Å². The van der Waals surface area contributed by atoms with E-state index in [1.54, 1.807) is 18.2 Å². The Bertz CT molecular complexity index is 2980. The lowest BCUT2D eigenvalue weighted by Gasteiger charge is -2.19. The van der Waals surface area contributed by atoms with E-state index in [4.69, 9.17) is 18.1 Å². The zero-order chi connectivity index (χ0) is 38.4. The van der Waals surface area contributed by atoms with Gasteiger partial charge in [-0.25, -0.2) is 0 Å². The number of hydrogen-bond acceptors (Lipinski definition) is 1. The molecule has 1 heteroatoms. The van der Waals surface area contributed by atoms with Crippen LogP contribution in [-0.2, 0) is 0 Å². The molecule has 1 heterocycles. The molecule has 1 nitrogen and oxygen atoms in total. The van der Waals surface area contributed by atoms with Crippen LogP contribution in [-0.4, -0.2) is 0 Å². The second kappa shape index (κ2) is 10.4. The lowest BCUT2D eigenvalue weighted by atomic mass is 9.84. The van der Waals surface area contributed by atoms with Gasteiger partial charge >= 0.3 is 0 Å². The van der Waals surface area contributed by atoms with Crippen molar-refractivity contribution in [2.75, 3.05) is 0 Å². The van der Waals surface area contributed by atoms with E-state index in [0.717, 1.165) is 54.6 Å². The van der Waals surface area contributed by atoms with Gasteiger partial charge in [-0.3, -0.25) is 0 Å². The molecular formula is C44H28O. The molecule has 0 atom stereocenters. The van der Waals surface area contributed by atoms with E-state index in [1.807, 2.05) is 91.0 Å². The van der Waals surface area contributed by atoms with Crippen molar-refractivity contribution in [3.05, 3.63) is 170 Å². The first kappa shape index (κ1) is 17.4. The molecule has 0 N–H and O–H groups in total. The summed E-state index contributed by atoms with van der Waals surface area (Å²) >= 11 is 0. The van der Waals surface area contributed by atoms with Gasteiger partial charge in [0.05, 0.1) is 13.7 Å². The fraction of sp³-hybridized carbons (Fsp3) is 0. The molecule has 0 aliphatic rings. The van der Waals surface area contributed by atoms with Crippen molar-refractivity contribution in [2.24, 2.45) is 0 Å². The second-order valence-corrected chi connectivity index (χ2v) is 10.9. The van der Waals surface area contributed by atoms with Crippen molar-refractivity contribution in [2.45, 2.75) is 0 Å². The number of para-hydroxylation sites is 1. The molecule has 1 aromatic heterocycles. The van der Waals surface area contributed by atoms with Crippen LogP contribution in [0.25, 0.3) is 88.0 Å². The van der Waals surface area contributed by atoms with Gasteiger partial charge in [0.1, 0.15) is 11.2 Å². The van der Waals surface area contributed by atoms with Crippen molar-refractivity contribution in [1.82, 2.24) is 0 Å². The van der Waals surface area contributed by atoms with Crippen molar-refractivity contribution >= 4 is 43.5 Å². The highest BCUT2D eigenvalue weighted by molar-refractivity contribution is 6.26. The van der Waals surface area contributed by atoms with Crippen LogP contribution in [0.1, 0.15) is 13.7 Å². The Morgan fingerprint density at radius 3 is 1.47 bits per heavy atom. The summed E-state index contributed by atoms with van der Waals surface area (Å²) in [6, 6.07) is 31.2. The number of fused-ring (bicyclic) bond motifs is 5. The van der Waals surface area contributed by atoms with Gasteiger partial charge in [0.2, 0.25) is 0 Å². The lowest BCUT2D eigenvalue weighted by molar-refractivity contribution is 0.669. The Hall–Kier alpha value is -5.92. The molecule has 8 aromatic carbocycles. The quantitative estimate of drug-likeness (QED) is 0.188. The van der Waals surface area contributed by atoms with Crippen LogP contribution < -0.4 is 0 Å². The summed E-state index contributed by atoms with van der Waals surface area (Å²) in [5, 5.41) is 5.39. The fourth-order valence-electron chi connectivity index (χ4n) is 6.52. The third-order valence-corrected chi connectivity index (χ3v) is 8.43. The van der Waals surface area contributed by atoms with E-state index in [-0.39, 0.29) is 47.4 Å². The van der Waals surface area contributed by atoms with Crippen molar-refractivity contribution < 1.29 is 18.1 Å². The van der Waals surface area contributed by atoms with Crippen LogP contribution in [0.2, 0.25) is 0 Å². The molecule has 9 rings (SSSR count). The number of hydrogen-bond donors (Lipinski definition) is 0. The molecule has 0 saturated heterocycles. The second-order valence-electron chi connectivity index (χ2n) is 10.9. The Labute approximate surface area is 275 Å². The van der Waals surface area contributed by atoms with Crippen LogP contribution in [0.3, 0.4) is 0 Å². The molecule has 0 unspecified atom stereocenters. The molecule has 9 aromatic rings. The summed E-state index contributed by atoms with van der Waals surface area (Å²) in [7, 11) is 0. The van der Waals surface area contributed by atoms with E-state index in [9.17, 15) is 0 Å². The Morgan fingerprint density at radius 2 is 0.867 bits per heavy atom. The van der Waals surface area contributed by atoms with Gasteiger partial charge in [0.15, 0.2) is 0 Å². The van der Waals surface area contributed by atoms with Gasteiger partial charge in [0.25, 0.3) is 0 Å². The average molecular weight is 583 g/mol. The molecule has 0 spiro atoms. The Kier molecular flexibility index (Phi) is 4.01. The van der Waals surface area contributed by atoms with Gasteiger partial charge in [-0.05, 0) is 84.3 Å². The highest BCUT2D eigenvalue weighted by atomic mass is 16.3. The summed E-state index contributed by atoms with van der Waals surface area (Å²) in [6.07, 6.45) is 0. The van der Waals surface area contributed by atoms with Crippen LogP contribution in [0.5, 0.6) is 0 Å². The van der Waals surface area contributed by atoms with Gasteiger partial charge in [0, 0.05) is 10.8 Å². The molecule has 0 saturated carbocycles. The maximum absolute atomic E-state index is 8.82. The van der Waals surface area contributed by atoms with Crippen molar-refractivity contribution in [3.8, 4) is 44.5 Å². The number of furan rings is 1. The Balaban J connectivity index is 1.35. The first-order valence-electron chi connectivity index (χ1n) is 19.6. The lowest BCUT2D eigenvalue weighted by Crippen LogP contribution is -1.92. The Morgan fingerprint density at radius 1 is 0.378 bits per heavy atom. The largest absolute Gasteiger partial charge is 0.456 e. The first-order chi connectivity index (χ1) is 26.5. The summed E-state index contributed by atoms with van der Waals surface area (Å²) in [4.78, 5) is 0. The smallest absolute Gasteiger partial charge is 0.136 e. The standard InChI is InChI=1S/C44H28O/c1-3-13-29(14-4-1)31-23-25-32(26-24-31)42-34-17-7-9-19-36(34)43(37-20-10-8-18-35(37)42)39-27-33(30-15-5-2-6-16-30)28-41-44(39)38-21-11-12-22-40(38)45-41/h1-28H/i1D,2D,3D,4D,5D,6D,13D,14D,15D,16D. The number of rotatable bonds is 4. The fourth-order valence-corrected chi connectivity index (χ4v) is 6.52. The maximum Gasteiger partial charge on any atom is 0.136 e. The van der Waals surface area contributed by atoms with Crippen LogP contribution in [0.15, 0.2) is 174 Å². The molecule has 45 heavy (non-hydrogen) atoms. The summed E-state index contributed by atoms with van der Waals surface area (Å²) in [5.41, 5.74) is 5.79. The van der Waals surface area contributed by atoms with Gasteiger partial charge in [-0.1, -0.05) is 151 Å². The van der Waals surface area contributed by atoms with Crippen LogP contribution in [0, 0.1) is 0 Å². The van der Waals surface area contributed by atoms with Crippen LogP contribution >= 0.6 is 0 Å². The highest BCUT2D eigenvalue weighted by Crippen LogP contribution is 2.48. The predicted octanol–water partition coefficient (Wildman–Crippen LogP) is 12.6. The molecule has 0 radical (unpaired) electrons. The zero-order valence-electron chi connectivity index (χ0n) is 33.8. The summed E-state index contributed by atoms with van der Waals surface area (Å²) in [6.45, 7) is 0. The molecule has 0 amide bonds. The SMILES string of the molecule is [2H]c1c([2H])c([2H])c(-c2ccc(-c3c4ccccc4c(-c4cc(-c5c([2H])c([2H])c([2H])c([2H])c5[2H])cc5oc6ccccc6c45)c4ccccc34)cc2)c([2H])c1[2H]. The van der Waals surface area contributed by atoms with E-state index in [0.29, 0.717) is 22.3 Å². The van der Waals surface area contributed by atoms with Crippen molar-refractivity contribution in [1.29, 1.82) is 0 Å². The number of benzene rings is 8. The summed E-state index contributed by atoms with van der Waals surface area (Å²) < 4.78 is 90.5. The minimum atomic E-state index is -0.460. The summed E-state index contributed by atoms with van der Waals surface area (Å²) in [5.74, 6) is 0. The molecule has 210 valence electrons. The maximum atomic E-state index is 8.82. The van der Waals surface area contributed by atoms with E-state index < -0.39 is 24.2 Å². The topological polar surface area (TPSA) is 13.1 Å². The molecule has 0 aliphatic heterocycles. The average Bonchev–Trinajstić information content (AvgIpc) is 3.59. The third kappa shape index (κ3) is 4.17. The molecule has 0 fully saturated rings. The predicted molar refractivity (Wildman–Crippen MR) is 190 cm³/mol. The monoisotopic (exact) mass is 582 g/mol. The molecular weight excluding hydrogens is 544 g/mol. The third-order valence-electron chi connectivity index (χ3n) is 8.43. The molecule has 0 bridgehead atoms. The minimum absolute atomic E-state index is 0.0824. The normalized spacial score (nSPS) is 14.7. The minimum Gasteiger partial charge on any atom is -0.456 e. The van der Waals surface area contributed by atoms with E-state index >= 15 is 0 Å². The van der Waals surface area contributed by atoms with E-state index in [2.05, 4.69) is 0 Å². The van der Waals surface area contributed by atoms with Gasteiger partial charge < -0.3 is 4.42 Å². The van der Waals surface area contributed by atoms with Crippen LogP contribution in [0.4, 0.5) is 0 Å². The highest BCUT2D eigenvalue weighted by Gasteiger charge is 2.21. The molecule has 0 aliphatic carbocycles. The van der Waals surface area contributed by atoms with Gasteiger partial charge in [-0.15, -0.1) is 0 Å². The first-order valence-corrected chi connectivity index (χ1v) is 14.6. The zero-order valence-corrected chi connectivity index (χ0v) is 23.8. The van der Waals surface area contributed by atoms with Crippen molar-refractivity contribution in [3.63, 3.8) is 0 Å². The van der Waals surface area contributed by atoms with E-state index in [1.165, 1.54) is 0 Å².